The van der Waals surface area contributed by atoms with Gasteiger partial charge < -0.3 is 9.64 Å². The molecule has 2 aliphatic heterocycles. The van der Waals surface area contributed by atoms with Crippen LogP contribution in [0, 0.1) is 0 Å². The van der Waals surface area contributed by atoms with E-state index in [9.17, 15) is 9.59 Å². The van der Waals surface area contributed by atoms with Crippen LogP contribution in [-0.2, 0) is 9.53 Å². The van der Waals surface area contributed by atoms with Crippen molar-refractivity contribution >= 4 is 11.9 Å². The number of rotatable bonds is 2. The average molecular weight is 184 g/mol. The fraction of sp³-hybridized carbons (Fsp3) is 0.750. The van der Waals surface area contributed by atoms with Crippen molar-refractivity contribution in [3.8, 4) is 0 Å². The van der Waals surface area contributed by atoms with E-state index in [-0.39, 0.29) is 24.6 Å². The van der Waals surface area contributed by atoms with Gasteiger partial charge in [-0.05, 0) is 12.8 Å². The average Bonchev–Trinajstić information content (AvgIpc) is 2.63. The molecule has 0 spiro atoms. The molecule has 0 radical (unpaired) electrons. The number of nitrogens with one attached hydrogen (secondary N) is 1. The van der Waals surface area contributed by atoms with Gasteiger partial charge in [0.15, 0.2) is 0 Å². The third-order valence-electron chi connectivity index (χ3n) is 2.32. The van der Waals surface area contributed by atoms with Gasteiger partial charge in [-0.1, -0.05) is 0 Å². The summed E-state index contributed by atoms with van der Waals surface area (Å²) in [4.78, 5) is 23.4. The Labute approximate surface area is 76.0 Å². The molecule has 13 heavy (non-hydrogen) atoms. The number of nitrogens with zero attached hydrogens (tertiary/aromatic N) is 1. The Bertz CT molecular complexity index is 236. The monoisotopic (exact) mass is 184 g/mol. The fourth-order valence-corrected chi connectivity index (χ4v) is 1.66. The summed E-state index contributed by atoms with van der Waals surface area (Å²) >= 11 is 0. The van der Waals surface area contributed by atoms with E-state index in [1.807, 2.05) is 0 Å². The van der Waals surface area contributed by atoms with Crippen molar-refractivity contribution in [2.24, 2.45) is 0 Å². The molecule has 2 saturated heterocycles. The van der Waals surface area contributed by atoms with E-state index < -0.39 is 0 Å². The molecule has 5 nitrogen and oxygen atoms in total. The van der Waals surface area contributed by atoms with E-state index >= 15 is 0 Å². The summed E-state index contributed by atoms with van der Waals surface area (Å²) in [5.74, 6) is -0.219. The normalized spacial score (nSPS) is 28.3. The lowest BCUT2D eigenvalue weighted by atomic mass is 10.2. The quantitative estimate of drug-likeness (QED) is 0.600. The minimum Gasteiger partial charge on any atom is -0.376 e. The molecule has 2 aliphatic rings. The summed E-state index contributed by atoms with van der Waals surface area (Å²) in [7, 11) is 0. The largest absolute Gasteiger partial charge is 0.376 e. The molecule has 72 valence electrons. The second kappa shape index (κ2) is 3.33. The first kappa shape index (κ1) is 8.50. The predicted molar refractivity (Wildman–Crippen MR) is 44.1 cm³/mol. The number of ether oxygens (including phenoxy) is 1. The summed E-state index contributed by atoms with van der Waals surface area (Å²) < 4.78 is 5.37. The van der Waals surface area contributed by atoms with E-state index in [0.29, 0.717) is 6.54 Å². The lowest BCUT2D eigenvalue weighted by molar-refractivity contribution is -0.118. The third kappa shape index (κ3) is 1.80. The topological polar surface area (TPSA) is 58.6 Å². The summed E-state index contributed by atoms with van der Waals surface area (Å²) in [6, 6.07) is -0.291. The molecule has 3 amide bonds. The standard InChI is InChI=1S/C8H12N2O3/c11-7-5-10(8(12)9-7)4-6-2-1-3-13-6/h6H,1-5H2,(H,9,11,12). The maximum atomic E-state index is 11.1. The molecule has 2 rings (SSSR count). The van der Waals surface area contributed by atoms with Gasteiger partial charge in [0.2, 0.25) is 5.91 Å². The lowest BCUT2D eigenvalue weighted by Gasteiger charge is -2.17. The molecule has 0 aromatic carbocycles. The number of urea groups is 1. The summed E-state index contributed by atoms with van der Waals surface area (Å²) in [6.07, 6.45) is 2.16. The highest BCUT2D eigenvalue weighted by atomic mass is 16.5. The fourth-order valence-electron chi connectivity index (χ4n) is 1.66. The van der Waals surface area contributed by atoms with Crippen molar-refractivity contribution < 1.29 is 14.3 Å². The Balaban J connectivity index is 1.87. The Kier molecular flexibility index (Phi) is 2.18. The molecule has 2 fully saturated rings. The van der Waals surface area contributed by atoms with Gasteiger partial charge in [0, 0.05) is 13.2 Å². The van der Waals surface area contributed by atoms with E-state index in [0.717, 1.165) is 19.4 Å². The van der Waals surface area contributed by atoms with E-state index in [1.165, 1.54) is 4.90 Å². The number of amides is 3. The van der Waals surface area contributed by atoms with Crippen LogP contribution >= 0.6 is 0 Å². The van der Waals surface area contributed by atoms with Crippen LogP contribution < -0.4 is 5.32 Å². The minimum absolute atomic E-state index is 0.122. The SMILES string of the molecule is O=C1CN(CC2CCCO2)C(=O)N1. The van der Waals surface area contributed by atoms with Crippen molar-refractivity contribution in [3.05, 3.63) is 0 Å². The minimum atomic E-state index is -0.291. The molecule has 0 aromatic rings. The second-order valence-electron chi connectivity index (χ2n) is 3.37. The van der Waals surface area contributed by atoms with Crippen LogP contribution in [-0.4, -0.2) is 42.6 Å². The number of carbonyl (C=O) groups excluding carboxylic acids is 2. The van der Waals surface area contributed by atoms with Gasteiger partial charge in [-0.25, -0.2) is 4.79 Å². The highest BCUT2D eigenvalue weighted by Crippen LogP contribution is 2.14. The van der Waals surface area contributed by atoms with Crippen molar-refractivity contribution in [2.75, 3.05) is 19.7 Å². The second-order valence-corrected chi connectivity index (χ2v) is 3.37. The number of imide groups is 1. The van der Waals surface area contributed by atoms with Gasteiger partial charge >= 0.3 is 6.03 Å². The maximum Gasteiger partial charge on any atom is 0.324 e. The summed E-state index contributed by atoms with van der Waals surface area (Å²) in [5, 5.41) is 2.23. The highest BCUT2D eigenvalue weighted by molar-refractivity contribution is 6.01. The van der Waals surface area contributed by atoms with Gasteiger partial charge in [-0.2, -0.15) is 0 Å². The molecule has 0 aliphatic carbocycles. The molecule has 0 aromatic heterocycles. The number of hydrogen-bond acceptors (Lipinski definition) is 3. The van der Waals surface area contributed by atoms with Crippen LogP contribution in [0.25, 0.3) is 0 Å². The van der Waals surface area contributed by atoms with Gasteiger partial charge in [0.05, 0.1) is 6.10 Å². The van der Waals surface area contributed by atoms with Crippen molar-refractivity contribution in [3.63, 3.8) is 0 Å². The zero-order valence-corrected chi connectivity index (χ0v) is 7.28. The summed E-state index contributed by atoms with van der Waals surface area (Å²) in [6.45, 7) is 1.49. The van der Waals surface area contributed by atoms with Crippen LogP contribution in [0.5, 0.6) is 0 Å². The highest BCUT2D eigenvalue weighted by Gasteiger charge is 2.29. The third-order valence-corrected chi connectivity index (χ3v) is 2.32. The molecule has 1 atom stereocenters. The molecular weight excluding hydrogens is 172 g/mol. The van der Waals surface area contributed by atoms with Crippen LogP contribution in [0.2, 0.25) is 0 Å². The van der Waals surface area contributed by atoms with Gasteiger partial charge in [-0.15, -0.1) is 0 Å². The Morgan fingerprint density at radius 1 is 1.54 bits per heavy atom. The van der Waals surface area contributed by atoms with Crippen LogP contribution in [0.4, 0.5) is 4.79 Å². The Morgan fingerprint density at radius 3 is 2.92 bits per heavy atom. The van der Waals surface area contributed by atoms with E-state index in [4.69, 9.17) is 4.74 Å². The maximum absolute atomic E-state index is 11.1. The molecule has 1 unspecified atom stereocenters. The van der Waals surface area contributed by atoms with Crippen molar-refractivity contribution in [1.29, 1.82) is 0 Å². The zero-order chi connectivity index (χ0) is 9.26. The first-order valence-electron chi connectivity index (χ1n) is 4.46. The smallest absolute Gasteiger partial charge is 0.324 e. The van der Waals surface area contributed by atoms with E-state index in [1.54, 1.807) is 0 Å². The molecule has 0 saturated carbocycles. The van der Waals surface area contributed by atoms with Crippen molar-refractivity contribution in [1.82, 2.24) is 10.2 Å². The molecule has 5 heteroatoms. The molecular formula is C8H12N2O3. The van der Waals surface area contributed by atoms with Gasteiger partial charge in [0.1, 0.15) is 6.54 Å². The van der Waals surface area contributed by atoms with Crippen molar-refractivity contribution in [2.45, 2.75) is 18.9 Å². The predicted octanol–water partition coefficient (Wildman–Crippen LogP) is -0.283. The number of hydrogen-bond donors (Lipinski definition) is 1. The van der Waals surface area contributed by atoms with Crippen LogP contribution in [0.1, 0.15) is 12.8 Å². The molecule has 0 bridgehead atoms. The number of carbonyl (C=O) groups is 2. The Hall–Kier alpha value is -1.10. The first-order valence-corrected chi connectivity index (χ1v) is 4.46. The Morgan fingerprint density at radius 2 is 2.38 bits per heavy atom. The lowest BCUT2D eigenvalue weighted by Crippen LogP contribution is -2.34. The van der Waals surface area contributed by atoms with Gasteiger partial charge in [-0.3, -0.25) is 10.1 Å². The molecule has 1 N–H and O–H groups in total. The summed E-state index contributed by atoms with van der Waals surface area (Å²) in [5.41, 5.74) is 0. The van der Waals surface area contributed by atoms with Gasteiger partial charge in [0.25, 0.3) is 0 Å². The van der Waals surface area contributed by atoms with E-state index in [2.05, 4.69) is 5.32 Å². The molecule has 2 heterocycles. The van der Waals surface area contributed by atoms with Crippen LogP contribution in [0.3, 0.4) is 0 Å². The van der Waals surface area contributed by atoms with Crippen LogP contribution in [0.15, 0.2) is 0 Å². The zero-order valence-electron chi connectivity index (χ0n) is 7.28. The first-order chi connectivity index (χ1) is 6.25.